The molecule has 1 aliphatic carbocycles. The Balaban J connectivity index is 1.53. The van der Waals surface area contributed by atoms with Crippen LogP contribution in [-0.4, -0.2) is 7.85 Å². The van der Waals surface area contributed by atoms with E-state index in [0.717, 1.165) is 39.8 Å². The third-order valence-electron chi connectivity index (χ3n) is 7.05. The van der Waals surface area contributed by atoms with Gasteiger partial charge in [0, 0.05) is 17.4 Å². The van der Waals surface area contributed by atoms with Crippen LogP contribution in [0.3, 0.4) is 0 Å². The number of aryl methyl sites for hydroxylation is 1. The van der Waals surface area contributed by atoms with E-state index >= 15 is 0 Å². The van der Waals surface area contributed by atoms with Gasteiger partial charge in [0.05, 0.1) is 0 Å². The van der Waals surface area contributed by atoms with Crippen molar-refractivity contribution in [2.45, 2.75) is 58.3 Å². The number of ether oxygens (including phenoxy) is 2. The molecule has 0 atom stereocenters. The molecule has 5 rings (SSSR count). The Morgan fingerprint density at radius 3 is 1.90 bits per heavy atom. The molecule has 2 aliphatic rings. The summed E-state index contributed by atoms with van der Waals surface area (Å²) >= 11 is 0. The SMILES string of the molecule is Bc1cc2c(cc1Nc1cc3c(cc1C)C(C)(C)CCC3(C)C)Oc1ccccc1O2. The van der Waals surface area contributed by atoms with E-state index < -0.39 is 0 Å². The van der Waals surface area contributed by atoms with E-state index in [1.54, 1.807) is 0 Å². The van der Waals surface area contributed by atoms with Crippen LogP contribution in [0.2, 0.25) is 0 Å². The Morgan fingerprint density at radius 2 is 1.29 bits per heavy atom. The van der Waals surface area contributed by atoms with Crippen molar-refractivity contribution in [2.75, 3.05) is 5.32 Å². The molecular formula is C27H30BNO2. The normalized spacial score (nSPS) is 17.5. The van der Waals surface area contributed by atoms with E-state index in [2.05, 4.69) is 66.0 Å². The first kappa shape index (κ1) is 20.1. The van der Waals surface area contributed by atoms with Gasteiger partial charge in [-0.15, -0.1) is 0 Å². The molecule has 3 aromatic carbocycles. The summed E-state index contributed by atoms with van der Waals surface area (Å²) in [5, 5.41) is 3.69. The standard InChI is InChI=1S/C27H30BNO2/c1-16-12-17-18(27(4,5)11-10-26(17,2)3)13-20(16)29-21-15-25-24(14-19(21)28)30-22-8-6-7-9-23(22)31-25/h6-9,12-15,29H,10-11,28H2,1-5H3. The highest BCUT2D eigenvalue weighted by atomic mass is 16.6. The number of hydrogen-bond acceptors (Lipinski definition) is 3. The predicted molar refractivity (Wildman–Crippen MR) is 131 cm³/mol. The zero-order valence-corrected chi connectivity index (χ0v) is 19.3. The molecule has 4 heteroatoms. The van der Waals surface area contributed by atoms with Crippen molar-refractivity contribution in [2.24, 2.45) is 0 Å². The molecule has 0 amide bonds. The number of para-hydroxylation sites is 2. The average molecular weight is 411 g/mol. The van der Waals surface area contributed by atoms with Gasteiger partial charge in [0.25, 0.3) is 0 Å². The summed E-state index contributed by atoms with van der Waals surface area (Å²) in [4.78, 5) is 0. The molecular weight excluding hydrogens is 381 g/mol. The molecule has 0 bridgehead atoms. The molecule has 31 heavy (non-hydrogen) atoms. The minimum Gasteiger partial charge on any atom is -0.450 e. The Hall–Kier alpha value is -2.88. The van der Waals surface area contributed by atoms with Crippen molar-refractivity contribution >= 4 is 24.7 Å². The molecule has 1 N–H and O–H groups in total. The minimum atomic E-state index is 0.181. The monoisotopic (exact) mass is 411 g/mol. The third kappa shape index (κ3) is 3.38. The molecule has 0 spiro atoms. The van der Waals surface area contributed by atoms with Crippen molar-refractivity contribution in [1.29, 1.82) is 0 Å². The minimum absolute atomic E-state index is 0.181. The van der Waals surface area contributed by atoms with Crippen molar-refractivity contribution in [1.82, 2.24) is 0 Å². The molecule has 0 saturated carbocycles. The number of anilines is 2. The van der Waals surface area contributed by atoms with Gasteiger partial charge >= 0.3 is 0 Å². The Labute approximate surface area is 186 Å². The van der Waals surface area contributed by atoms with Crippen LogP contribution in [0.25, 0.3) is 0 Å². The topological polar surface area (TPSA) is 30.5 Å². The maximum absolute atomic E-state index is 6.13. The van der Waals surface area contributed by atoms with E-state index in [1.807, 2.05) is 30.3 Å². The van der Waals surface area contributed by atoms with Crippen molar-refractivity contribution in [3.8, 4) is 23.0 Å². The molecule has 0 fully saturated rings. The van der Waals surface area contributed by atoms with E-state index in [-0.39, 0.29) is 10.8 Å². The maximum atomic E-state index is 6.13. The van der Waals surface area contributed by atoms with Crippen LogP contribution in [0.15, 0.2) is 48.5 Å². The zero-order chi connectivity index (χ0) is 22.0. The van der Waals surface area contributed by atoms with Gasteiger partial charge in [0.15, 0.2) is 23.0 Å². The number of nitrogens with one attached hydrogen (secondary N) is 1. The summed E-state index contributed by atoms with van der Waals surface area (Å²) in [6, 6.07) is 16.6. The smallest absolute Gasteiger partial charge is 0.172 e. The lowest BCUT2D eigenvalue weighted by Crippen LogP contribution is -2.34. The Bertz CT molecular complexity index is 1200. The first-order valence-electron chi connectivity index (χ1n) is 11.2. The van der Waals surface area contributed by atoms with E-state index in [1.165, 1.54) is 29.5 Å². The van der Waals surface area contributed by atoms with E-state index in [0.29, 0.717) is 0 Å². The molecule has 1 heterocycles. The predicted octanol–water partition coefficient (Wildman–Crippen LogP) is 6.24. The van der Waals surface area contributed by atoms with Crippen LogP contribution in [0, 0.1) is 6.92 Å². The highest BCUT2D eigenvalue weighted by molar-refractivity contribution is 6.36. The van der Waals surface area contributed by atoms with E-state index in [9.17, 15) is 0 Å². The summed E-state index contributed by atoms with van der Waals surface area (Å²) in [5.74, 6) is 3.00. The van der Waals surface area contributed by atoms with Crippen LogP contribution < -0.4 is 20.3 Å². The van der Waals surface area contributed by atoms with Crippen LogP contribution >= 0.6 is 0 Å². The second-order valence-electron chi connectivity index (χ2n) is 10.4. The maximum Gasteiger partial charge on any atom is 0.172 e. The molecule has 158 valence electrons. The summed E-state index contributed by atoms with van der Waals surface area (Å²) in [6.45, 7) is 11.7. The fourth-order valence-corrected chi connectivity index (χ4v) is 4.81. The van der Waals surface area contributed by atoms with Crippen LogP contribution in [0.1, 0.15) is 57.2 Å². The molecule has 0 radical (unpaired) electrons. The summed E-state index contributed by atoms with van der Waals surface area (Å²) in [6.07, 6.45) is 2.43. The van der Waals surface area contributed by atoms with Gasteiger partial charge in [-0.3, -0.25) is 0 Å². The van der Waals surface area contributed by atoms with Crippen LogP contribution in [0.4, 0.5) is 11.4 Å². The Kier molecular flexibility index (Phi) is 4.41. The first-order chi connectivity index (χ1) is 14.6. The lowest BCUT2D eigenvalue weighted by Gasteiger charge is -2.42. The number of rotatable bonds is 2. The molecule has 1 aliphatic heterocycles. The highest BCUT2D eigenvalue weighted by Crippen LogP contribution is 2.48. The van der Waals surface area contributed by atoms with Gasteiger partial charge in [0.1, 0.15) is 7.85 Å². The highest BCUT2D eigenvalue weighted by Gasteiger charge is 2.37. The van der Waals surface area contributed by atoms with Gasteiger partial charge < -0.3 is 14.8 Å². The van der Waals surface area contributed by atoms with Gasteiger partial charge in [0.2, 0.25) is 0 Å². The van der Waals surface area contributed by atoms with Gasteiger partial charge in [-0.2, -0.15) is 0 Å². The van der Waals surface area contributed by atoms with Crippen molar-refractivity contribution in [3.63, 3.8) is 0 Å². The van der Waals surface area contributed by atoms with E-state index in [4.69, 9.17) is 9.47 Å². The lowest BCUT2D eigenvalue weighted by atomic mass is 9.63. The average Bonchev–Trinajstić information content (AvgIpc) is 2.72. The Morgan fingerprint density at radius 1 is 0.742 bits per heavy atom. The molecule has 3 aromatic rings. The van der Waals surface area contributed by atoms with Crippen LogP contribution in [0.5, 0.6) is 23.0 Å². The van der Waals surface area contributed by atoms with Crippen molar-refractivity contribution in [3.05, 3.63) is 65.2 Å². The second-order valence-corrected chi connectivity index (χ2v) is 10.4. The number of benzene rings is 3. The summed E-state index contributed by atoms with van der Waals surface area (Å²) < 4.78 is 12.2. The zero-order valence-electron chi connectivity index (χ0n) is 19.3. The quantitative estimate of drug-likeness (QED) is 0.396. The molecule has 0 saturated heterocycles. The fraction of sp³-hybridized carbons (Fsp3) is 0.333. The van der Waals surface area contributed by atoms with Gasteiger partial charge in [-0.05, 0) is 71.6 Å². The van der Waals surface area contributed by atoms with Crippen LogP contribution in [-0.2, 0) is 10.8 Å². The largest absolute Gasteiger partial charge is 0.450 e. The summed E-state index contributed by atoms with van der Waals surface area (Å²) in [5.41, 5.74) is 7.93. The fourth-order valence-electron chi connectivity index (χ4n) is 4.81. The summed E-state index contributed by atoms with van der Waals surface area (Å²) in [7, 11) is 2.10. The lowest BCUT2D eigenvalue weighted by molar-refractivity contribution is 0.332. The van der Waals surface area contributed by atoms with Gasteiger partial charge in [-0.1, -0.05) is 51.4 Å². The second kappa shape index (κ2) is 6.81. The first-order valence-corrected chi connectivity index (χ1v) is 11.2. The van der Waals surface area contributed by atoms with Crippen molar-refractivity contribution < 1.29 is 9.47 Å². The molecule has 0 unspecified atom stereocenters. The van der Waals surface area contributed by atoms with Gasteiger partial charge in [-0.25, -0.2) is 0 Å². The number of hydrogen-bond donors (Lipinski definition) is 1. The third-order valence-corrected chi connectivity index (χ3v) is 7.05. The molecule has 0 aromatic heterocycles. The number of fused-ring (bicyclic) bond motifs is 3. The molecule has 3 nitrogen and oxygen atoms in total.